The number of rotatable bonds is 9. The summed E-state index contributed by atoms with van der Waals surface area (Å²) in [7, 11) is 1.33. The second-order valence-corrected chi connectivity index (χ2v) is 7.00. The van der Waals surface area contributed by atoms with Crippen molar-refractivity contribution in [1.29, 1.82) is 0 Å². The molecule has 0 saturated carbocycles. The van der Waals surface area contributed by atoms with E-state index in [0.717, 1.165) is 0 Å². The van der Waals surface area contributed by atoms with Gasteiger partial charge in [-0.2, -0.15) is 0 Å². The number of carbonyl (C=O) groups is 1. The molecule has 0 aliphatic heterocycles. The summed E-state index contributed by atoms with van der Waals surface area (Å²) >= 11 is 0. The second kappa shape index (κ2) is 12.0. The Morgan fingerprint density at radius 2 is 1.93 bits per heavy atom. The molecule has 1 aromatic rings. The van der Waals surface area contributed by atoms with Gasteiger partial charge in [-0.3, -0.25) is 4.79 Å². The smallest absolute Gasteiger partial charge is 0.306 e. The molecule has 0 fully saturated rings. The van der Waals surface area contributed by atoms with Crippen LogP contribution in [0.3, 0.4) is 0 Å². The number of halogens is 1. The summed E-state index contributed by atoms with van der Waals surface area (Å²) in [6.45, 7) is 3.77. The van der Waals surface area contributed by atoms with Gasteiger partial charge in [-0.25, -0.2) is 4.39 Å². The highest BCUT2D eigenvalue weighted by Crippen LogP contribution is 2.27. The van der Waals surface area contributed by atoms with Gasteiger partial charge < -0.3 is 19.7 Å². The van der Waals surface area contributed by atoms with Gasteiger partial charge in [0.2, 0.25) is 0 Å². The number of methoxy groups -OCH3 is 1. The number of carbonyl (C=O) groups excluding carboxylic acids is 1. The van der Waals surface area contributed by atoms with Crippen LogP contribution in [0, 0.1) is 23.1 Å². The minimum absolute atomic E-state index is 0.0373. The molecule has 2 atom stereocenters. The number of esters is 1. The van der Waals surface area contributed by atoms with Crippen LogP contribution >= 0.6 is 0 Å². The van der Waals surface area contributed by atoms with Crippen molar-refractivity contribution in [3.05, 3.63) is 54.4 Å². The number of ether oxygens (including phenoxy) is 2. The molecule has 1 aromatic carbocycles. The first-order chi connectivity index (χ1) is 13.2. The van der Waals surface area contributed by atoms with E-state index in [2.05, 4.69) is 16.6 Å². The molecule has 5 nitrogen and oxygen atoms in total. The number of hydrogen-bond acceptors (Lipinski definition) is 5. The topological polar surface area (TPSA) is 76.0 Å². The highest BCUT2D eigenvalue weighted by molar-refractivity contribution is 5.69. The molecule has 28 heavy (non-hydrogen) atoms. The average molecular weight is 390 g/mol. The highest BCUT2D eigenvalue weighted by Gasteiger charge is 2.25. The lowest BCUT2D eigenvalue weighted by atomic mass is 9.83. The van der Waals surface area contributed by atoms with Crippen molar-refractivity contribution >= 4 is 5.97 Å². The molecule has 0 saturated heterocycles. The van der Waals surface area contributed by atoms with E-state index >= 15 is 0 Å². The van der Waals surface area contributed by atoms with E-state index in [4.69, 9.17) is 4.74 Å². The monoisotopic (exact) mass is 390 g/mol. The fraction of sp³-hybridized carbons (Fsp3) is 0.409. The third kappa shape index (κ3) is 10.5. The van der Waals surface area contributed by atoms with Crippen LogP contribution in [0.15, 0.2) is 48.6 Å². The molecular weight excluding hydrogens is 363 g/mol. The molecule has 0 aliphatic rings. The van der Waals surface area contributed by atoms with Gasteiger partial charge in [-0.1, -0.05) is 43.9 Å². The van der Waals surface area contributed by atoms with E-state index < -0.39 is 17.6 Å². The van der Waals surface area contributed by atoms with Crippen molar-refractivity contribution in [2.24, 2.45) is 5.41 Å². The largest absolute Gasteiger partial charge is 0.491 e. The number of aliphatic hydroxyl groups excluding tert-OH is 2. The first kappa shape index (κ1) is 23.4. The molecule has 0 spiro atoms. The molecule has 1 rings (SSSR count). The molecule has 0 bridgehead atoms. The number of allylic oxidation sites excluding steroid dienone is 3. The van der Waals surface area contributed by atoms with Crippen LogP contribution in [0.2, 0.25) is 0 Å². The van der Waals surface area contributed by atoms with E-state index in [1.807, 2.05) is 13.8 Å². The molecule has 2 N–H and O–H groups in total. The standard InChI is InChI=1S/C22H27FO5/c1-22(2,15-21(26)27-3)14-18(24)8-6-4-5-7-9-19(25)16-28-20-12-10-17(23)11-13-20/h4-5,7,9-13,18-19,24-25H,14-16H2,1-3H3/b5-4+,9-7+/t18-,19+/m1/s1. The van der Waals surface area contributed by atoms with Crippen LogP contribution in [0.1, 0.15) is 26.7 Å². The summed E-state index contributed by atoms with van der Waals surface area (Å²) in [6.07, 6.45) is 5.17. The third-order valence-corrected chi connectivity index (χ3v) is 3.70. The van der Waals surface area contributed by atoms with Crippen LogP contribution in [0.5, 0.6) is 5.75 Å². The fourth-order valence-corrected chi connectivity index (χ4v) is 2.32. The first-order valence-corrected chi connectivity index (χ1v) is 8.87. The molecule has 0 aromatic heterocycles. The Bertz CT molecular complexity index is 726. The zero-order chi connectivity index (χ0) is 21.0. The van der Waals surface area contributed by atoms with Crippen LogP contribution in [-0.4, -0.2) is 42.1 Å². The Hall–Kier alpha value is -2.62. The maximum atomic E-state index is 12.8. The minimum atomic E-state index is -0.858. The Kier molecular flexibility index (Phi) is 10.0. The van der Waals surface area contributed by atoms with Crippen molar-refractivity contribution in [3.8, 4) is 17.6 Å². The first-order valence-electron chi connectivity index (χ1n) is 8.87. The SMILES string of the molecule is COC(=O)CC(C)(C)C[C@H](O)C#C/C=C/C=C/[C@H](O)COc1ccc(F)cc1. The highest BCUT2D eigenvalue weighted by atomic mass is 19.1. The van der Waals surface area contributed by atoms with E-state index in [9.17, 15) is 19.4 Å². The summed E-state index contributed by atoms with van der Waals surface area (Å²) in [6, 6.07) is 5.53. The Morgan fingerprint density at radius 3 is 2.57 bits per heavy atom. The summed E-state index contributed by atoms with van der Waals surface area (Å²) in [5.74, 6) is 5.20. The molecule has 0 heterocycles. The van der Waals surface area contributed by atoms with Crippen molar-refractivity contribution in [1.82, 2.24) is 0 Å². The lowest BCUT2D eigenvalue weighted by Gasteiger charge is -2.23. The Labute approximate surface area is 165 Å². The summed E-state index contributed by atoms with van der Waals surface area (Å²) in [4.78, 5) is 11.3. The maximum absolute atomic E-state index is 12.8. The van der Waals surface area contributed by atoms with Crippen LogP contribution < -0.4 is 4.74 Å². The van der Waals surface area contributed by atoms with Gasteiger partial charge >= 0.3 is 5.97 Å². The molecular formula is C22H27FO5. The zero-order valence-electron chi connectivity index (χ0n) is 16.4. The second-order valence-electron chi connectivity index (χ2n) is 7.00. The van der Waals surface area contributed by atoms with Crippen molar-refractivity contribution < 1.29 is 28.9 Å². The van der Waals surface area contributed by atoms with Crippen LogP contribution in [0.4, 0.5) is 4.39 Å². The predicted octanol–water partition coefficient (Wildman–Crippen LogP) is 3.02. The predicted molar refractivity (Wildman–Crippen MR) is 105 cm³/mol. The fourth-order valence-electron chi connectivity index (χ4n) is 2.32. The lowest BCUT2D eigenvalue weighted by molar-refractivity contribution is -0.143. The van der Waals surface area contributed by atoms with E-state index in [1.165, 1.54) is 37.5 Å². The van der Waals surface area contributed by atoms with Crippen molar-refractivity contribution in [2.75, 3.05) is 13.7 Å². The average Bonchev–Trinajstić information content (AvgIpc) is 2.63. The maximum Gasteiger partial charge on any atom is 0.306 e. The number of aliphatic hydroxyl groups is 2. The molecule has 0 unspecified atom stereocenters. The zero-order valence-corrected chi connectivity index (χ0v) is 16.4. The molecule has 0 radical (unpaired) electrons. The van der Waals surface area contributed by atoms with Crippen LogP contribution in [0.25, 0.3) is 0 Å². The van der Waals surface area contributed by atoms with E-state index in [-0.39, 0.29) is 24.8 Å². The Balaban J connectivity index is 2.36. The van der Waals surface area contributed by atoms with Gasteiger partial charge in [0.15, 0.2) is 0 Å². The van der Waals surface area contributed by atoms with Gasteiger partial charge in [0, 0.05) is 0 Å². The number of benzene rings is 1. The molecule has 0 amide bonds. The summed E-state index contributed by atoms with van der Waals surface area (Å²) in [5, 5.41) is 19.7. The molecule has 152 valence electrons. The van der Waals surface area contributed by atoms with E-state index in [0.29, 0.717) is 12.2 Å². The quantitative estimate of drug-likeness (QED) is 0.385. The molecule has 6 heteroatoms. The molecule has 0 aliphatic carbocycles. The van der Waals surface area contributed by atoms with Gasteiger partial charge in [0.05, 0.1) is 13.5 Å². The summed E-state index contributed by atoms with van der Waals surface area (Å²) < 4.78 is 22.7. The van der Waals surface area contributed by atoms with Gasteiger partial charge in [-0.05, 0) is 42.2 Å². The van der Waals surface area contributed by atoms with Crippen molar-refractivity contribution in [2.45, 2.75) is 38.9 Å². The van der Waals surface area contributed by atoms with Gasteiger partial charge in [0.1, 0.15) is 30.4 Å². The van der Waals surface area contributed by atoms with Gasteiger partial charge in [-0.15, -0.1) is 0 Å². The van der Waals surface area contributed by atoms with Crippen LogP contribution in [-0.2, 0) is 9.53 Å². The number of hydrogen-bond donors (Lipinski definition) is 2. The van der Waals surface area contributed by atoms with Gasteiger partial charge in [0.25, 0.3) is 0 Å². The Morgan fingerprint density at radius 1 is 1.25 bits per heavy atom. The summed E-state index contributed by atoms with van der Waals surface area (Å²) in [5.41, 5.74) is -0.417. The minimum Gasteiger partial charge on any atom is -0.491 e. The van der Waals surface area contributed by atoms with Crippen molar-refractivity contribution in [3.63, 3.8) is 0 Å². The lowest BCUT2D eigenvalue weighted by Crippen LogP contribution is -2.23. The normalized spacial score (nSPS) is 13.8. The third-order valence-electron chi connectivity index (χ3n) is 3.70. The van der Waals surface area contributed by atoms with E-state index in [1.54, 1.807) is 18.2 Å².